The van der Waals surface area contributed by atoms with Gasteiger partial charge in [-0.1, -0.05) is 47.6 Å². The molecule has 28 heavy (non-hydrogen) atoms. The fourth-order valence-corrected chi connectivity index (χ4v) is 3.66. The van der Waals surface area contributed by atoms with E-state index in [9.17, 15) is 9.59 Å². The maximum Gasteiger partial charge on any atom is 0.244 e. The molecule has 6 nitrogen and oxygen atoms in total. The highest BCUT2D eigenvalue weighted by Crippen LogP contribution is 2.30. The molecule has 4 rings (SSSR count). The summed E-state index contributed by atoms with van der Waals surface area (Å²) >= 11 is 7.19. The van der Waals surface area contributed by atoms with Crippen LogP contribution in [0, 0.1) is 0 Å². The average Bonchev–Trinajstić information content (AvgIpc) is 2.72. The lowest BCUT2D eigenvalue weighted by Gasteiger charge is -2.29. The quantitative estimate of drug-likeness (QED) is 0.661. The number of benzene rings is 2. The number of para-hydroxylation sites is 2. The molecule has 0 radical (unpaired) electrons. The van der Waals surface area contributed by atoms with Crippen molar-refractivity contribution in [1.29, 1.82) is 0 Å². The molecule has 1 aliphatic heterocycles. The second-order valence-corrected chi connectivity index (χ2v) is 7.53. The summed E-state index contributed by atoms with van der Waals surface area (Å²) in [5.74, 6) is -0.198. The Labute approximate surface area is 170 Å². The van der Waals surface area contributed by atoms with Crippen molar-refractivity contribution >= 4 is 46.6 Å². The number of carbonyl (C=O) groups excluding carboxylic acids is 2. The third kappa shape index (κ3) is 4.00. The van der Waals surface area contributed by atoms with Crippen molar-refractivity contribution in [3.8, 4) is 11.3 Å². The number of amides is 2. The number of carbonyl (C=O) groups is 2. The fraction of sp³-hybridized carbons (Fsp3) is 0.100. The van der Waals surface area contributed by atoms with Crippen molar-refractivity contribution in [3.63, 3.8) is 0 Å². The highest BCUT2D eigenvalue weighted by atomic mass is 35.5. The van der Waals surface area contributed by atoms with Crippen LogP contribution in [0.2, 0.25) is 5.02 Å². The topological polar surface area (TPSA) is 75.2 Å². The standard InChI is InChI=1S/C20H15ClN4O2S/c21-14-7-5-13(6-8-14)15-9-10-19(24-23-15)28-12-20(27)25-11-18(26)22-16-3-1-2-4-17(16)25/h1-10H,11-12H2,(H,22,26). The molecular formula is C20H15ClN4O2S. The van der Waals surface area contributed by atoms with Gasteiger partial charge in [0.05, 0.1) is 22.8 Å². The average molecular weight is 411 g/mol. The predicted molar refractivity (Wildman–Crippen MR) is 111 cm³/mol. The summed E-state index contributed by atoms with van der Waals surface area (Å²) in [5.41, 5.74) is 3.00. The molecule has 0 fully saturated rings. The Hall–Kier alpha value is -2.90. The van der Waals surface area contributed by atoms with Crippen LogP contribution in [-0.2, 0) is 9.59 Å². The van der Waals surface area contributed by atoms with E-state index in [0.29, 0.717) is 21.4 Å². The first-order valence-electron chi connectivity index (χ1n) is 8.52. The third-order valence-electron chi connectivity index (χ3n) is 4.20. The Morgan fingerprint density at radius 3 is 2.61 bits per heavy atom. The summed E-state index contributed by atoms with van der Waals surface area (Å²) in [6.45, 7) is 0.0115. The molecule has 2 aromatic carbocycles. The zero-order valence-corrected chi connectivity index (χ0v) is 16.2. The van der Waals surface area contributed by atoms with Crippen LogP contribution in [0.3, 0.4) is 0 Å². The maximum absolute atomic E-state index is 12.7. The number of nitrogens with zero attached hydrogens (tertiary/aromatic N) is 3. The molecule has 0 unspecified atom stereocenters. The van der Waals surface area contributed by atoms with Crippen molar-refractivity contribution in [2.24, 2.45) is 0 Å². The van der Waals surface area contributed by atoms with Crippen LogP contribution in [0.15, 0.2) is 65.7 Å². The zero-order chi connectivity index (χ0) is 19.5. The third-order valence-corrected chi connectivity index (χ3v) is 5.35. The largest absolute Gasteiger partial charge is 0.323 e. The number of hydrogen-bond donors (Lipinski definition) is 1. The maximum atomic E-state index is 12.7. The van der Waals surface area contributed by atoms with E-state index in [2.05, 4.69) is 15.5 Å². The van der Waals surface area contributed by atoms with Gasteiger partial charge in [0.2, 0.25) is 11.8 Å². The van der Waals surface area contributed by atoms with Crippen LogP contribution in [-0.4, -0.2) is 34.3 Å². The van der Waals surface area contributed by atoms with E-state index < -0.39 is 0 Å². The van der Waals surface area contributed by atoms with Gasteiger partial charge >= 0.3 is 0 Å². The zero-order valence-electron chi connectivity index (χ0n) is 14.6. The molecule has 140 valence electrons. The first-order chi connectivity index (χ1) is 13.6. The SMILES string of the molecule is O=C1CN(C(=O)CSc2ccc(-c3ccc(Cl)cc3)nn2)c2ccccc2N1. The molecule has 0 atom stereocenters. The molecule has 8 heteroatoms. The van der Waals surface area contributed by atoms with Crippen LogP contribution in [0.25, 0.3) is 11.3 Å². The molecule has 1 aliphatic rings. The summed E-state index contributed by atoms with van der Waals surface area (Å²) < 4.78 is 0. The molecule has 0 saturated carbocycles. The number of nitrogens with one attached hydrogen (secondary N) is 1. The minimum atomic E-state index is -0.204. The summed E-state index contributed by atoms with van der Waals surface area (Å²) in [4.78, 5) is 26.0. The van der Waals surface area contributed by atoms with Crippen molar-refractivity contribution < 1.29 is 9.59 Å². The molecule has 0 aliphatic carbocycles. The minimum absolute atomic E-state index is 0.0115. The molecule has 2 heterocycles. The molecule has 2 amide bonds. The van der Waals surface area contributed by atoms with E-state index in [0.717, 1.165) is 11.3 Å². The van der Waals surface area contributed by atoms with Gasteiger partial charge in [0.25, 0.3) is 0 Å². The predicted octanol–water partition coefficient (Wildman–Crippen LogP) is 3.87. The molecular weight excluding hydrogens is 396 g/mol. The van der Waals surface area contributed by atoms with Gasteiger partial charge in [0.1, 0.15) is 11.6 Å². The Kier molecular flexibility index (Phi) is 5.27. The number of anilines is 2. The van der Waals surface area contributed by atoms with Gasteiger partial charge in [0.15, 0.2) is 0 Å². The van der Waals surface area contributed by atoms with Crippen LogP contribution in [0.4, 0.5) is 11.4 Å². The van der Waals surface area contributed by atoms with Crippen molar-refractivity contribution in [2.75, 3.05) is 22.5 Å². The van der Waals surface area contributed by atoms with Crippen LogP contribution >= 0.6 is 23.4 Å². The Bertz CT molecular complexity index is 1030. The summed E-state index contributed by atoms with van der Waals surface area (Å²) in [6.07, 6.45) is 0. The van der Waals surface area contributed by atoms with E-state index in [1.54, 1.807) is 18.2 Å². The van der Waals surface area contributed by atoms with Crippen LogP contribution in [0.1, 0.15) is 0 Å². The van der Waals surface area contributed by atoms with E-state index in [1.165, 1.54) is 16.7 Å². The van der Waals surface area contributed by atoms with Gasteiger partial charge in [-0.2, -0.15) is 0 Å². The number of thioether (sulfide) groups is 1. The van der Waals surface area contributed by atoms with E-state index >= 15 is 0 Å². The summed E-state index contributed by atoms with van der Waals surface area (Å²) in [5, 5.41) is 12.5. The molecule has 0 saturated heterocycles. The Morgan fingerprint density at radius 2 is 1.86 bits per heavy atom. The van der Waals surface area contributed by atoms with E-state index in [4.69, 9.17) is 11.6 Å². The highest BCUT2D eigenvalue weighted by molar-refractivity contribution is 7.99. The summed E-state index contributed by atoms with van der Waals surface area (Å²) in [7, 11) is 0. The van der Waals surface area contributed by atoms with E-state index in [1.807, 2.05) is 42.5 Å². The molecule has 0 bridgehead atoms. The van der Waals surface area contributed by atoms with Crippen LogP contribution in [0.5, 0.6) is 0 Å². The lowest BCUT2D eigenvalue weighted by Crippen LogP contribution is -2.43. The van der Waals surface area contributed by atoms with Gasteiger partial charge in [-0.25, -0.2) is 0 Å². The second kappa shape index (κ2) is 8.00. The molecule has 1 aromatic heterocycles. The molecule has 3 aromatic rings. The number of fused-ring (bicyclic) bond motifs is 1. The highest BCUT2D eigenvalue weighted by Gasteiger charge is 2.26. The second-order valence-electron chi connectivity index (χ2n) is 6.10. The van der Waals surface area contributed by atoms with Crippen LogP contribution < -0.4 is 10.2 Å². The lowest BCUT2D eigenvalue weighted by molar-refractivity contribution is -0.120. The molecule has 0 spiro atoms. The first kappa shape index (κ1) is 18.5. The van der Waals surface area contributed by atoms with Crippen molar-refractivity contribution in [1.82, 2.24) is 10.2 Å². The minimum Gasteiger partial charge on any atom is -0.323 e. The van der Waals surface area contributed by atoms with Crippen molar-refractivity contribution in [3.05, 3.63) is 65.7 Å². The summed E-state index contributed by atoms with van der Waals surface area (Å²) in [6, 6.07) is 18.3. The Morgan fingerprint density at radius 1 is 1.07 bits per heavy atom. The smallest absolute Gasteiger partial charge is 0.244 e. The van der Waals surface area contributed by atoms with Gasteiger partial charge in [-0.3, -0.25) is 9.59 Å². The van der Waals surface area contributed by atoms with Gasteiger partial charge in [0, 0.05) is 10.6 Å². The molecule has 1 N–H and O–H groups in total. The monoisotopic (exact) mass is 410 g/mol. The van der Waals surface area contributed by atoms with Gasteiger partial charge in [-0.15, -0.1) is 10.2 Å². The van der Waals surface area contributed by atoms with Gasteiger partial charge in [-0.05, 0) is 36.4 Å². The normalized spacial score (nSPS) is 13.0. The van der Waals surface area contributed by atoms with Crippen molar-refractivity contribution in [2.45, 2.75) is 5.03 Å². The fourth-order valence-electron chi connectivity index (χ4n) is 2.84. The number of rotatable bonds is 4. The lowest BCUT2D eigenvalue weighted by atomic mass is 10.1. The number of halogens is 1. The van der Waals surface area contributed by atoms with Gasteiger partial charge < -0.3 is 10.2 Å². The number of hydrogen-bond acceptors (Lipinski definition) is 5. The number of aromatic nitrogens is 2. The Balaban J connectivity index is 1.43. The first-order valence-corrected chi connectivity index (χ1v) is 9.88. The van der Waals surface area contributed by atoms with E-state index in [-0.39, 0.29) is 24.1 Å².